The first-order valence-corrected chi connectivity index (χ1v) is 9.58. The van der Waals surface area contributed by atoms with E-state index in [1.807, 2.05) is 16.9 Å². The van der Waals surface area contributed by atoms with E-state index < -0.39 is 0 Å². The number of thiophene rings is 1. The topological polar surface area (TPSA) is 54.2 Å². The molecule has 0 saturated carbocycles. The van der Waals surface area contributed by atoms with Crippen molar-refractivity contribution in [2.45, 2.75) is 19.6 Å². The first-order chi connectivity index (χ1) is 12.2. The molecular formula is C18H21BrIN5S. The van der Waals surface area contributed by atoms with Crippen LogP contribution in [0.3, 0.4) is 0 Å². The second-order valence-electron chi connectivity index (χ2n) is 5.46. The number of nitrogens with one attached hydrogen (secondary N) is 2. The third-order valence-electron chi connectivity index (χ3n) is 3.74. The lowest BCUT2D eigenvalue weighted by molar-refractivity contribution is 0.677. The van der Waals surface area contributed by atoms with E-state index in [1.165, 1.54) is 16.0 Å². The minimum absolute atomic E-state index is 0. The fraction of sp³-hybridized carbons (Fsp3) is 0.222. The predicted octanol–water partition coefficient (Wildman–Crippen LogP) is 4.24. The zero-order valence-electron chi connectivity index (χ0n) is 14.4. The summed E-state index contributed by atoms with van der Waals surface area (Å²) in [4.78, 5) is 5.56. The zero-order chi connectivity index (χ0) is 17.5. The highest BCUT2D eigenvalue weighted by atomic mass is 127. The Morgan fingerprint density at radius 1 is 1.12 bits per heavy atom. The molecule has 3 rings (SSSR count). The van der Waals surface area contributed by atoms with Gasteiger partial charge in [0, 0.05) is 30.9 Å². The summed E-state index contributed by atoms with van der Waals surface area (Å²) in [7, 11) is 1.79. The number of hydrogen-bond acceptors (Lipinski definition) is 3. The molecule has 2 N–H and O–H groups in total. The van der Waals surface area contributed by atoms with Gasteiger partial charge in [0.2, 0.25) is 0 Å². The number of halogens is 2. The average Bonchev–Trinajstić information content (AvgIpc) is 3.28. The van der Waals surface area contributed by atoms with Gasteiger partial charge in [0.15, 0.2) is 5.96 Å². The van der Waals surface area contributed by atoms with Crippen LogP contribution in [0.2, 0.25) is 0 Å². The van der Waals surface area contributed by atoms with Gasteiger partial charge in [-0.25, -0.2) is 0 Å². The van der Waals surface area contributed by atoms with Crippen LogP contribution in [0.5, 0.6) is 0 Å². The van der Waals surface area contributed by atoms with E-state index >= 15 is 0 Å². The normalized spacial score (nSPS) is 11.1. The lowest BCUT2D eigenvalue weighted by Gasteiger charge is -2.14. The van der Waals surface area contributed by atoms with E-state index in [0.717, 1.165) is 22.8 Å². The van der Waals surface area contributed by atoms with Crippen molar-refractivity contribution in [1.29, 1.82) is 0 Å². The molecule has 0 aliphatic rings. The zero-order valence-corrected chi connectivity index (χ0v) is 19.1. The summed E-state index contributed by atoms with van der Waals surface area (Å²) in [5.41, 5.74) is 2.48. The smallest absolute Gasteiger partial charge is 0.191 e. The molecule has 0 spiro atoms. The highest BCUT2D eigenvalue weighted by Crippen LogP contribution is 2.21. The molecule has 0 fully saturated rings. The van der Waals surface area contributed by atoms with Crippen LogP contribution in [0, 0.1) is 0 Å². The molecule has 0 saturated heterocycles. The molecule has 0 unspecified atom stereocenters. The molecular weight excluding hydrogens is 525 g/mol. The molecule has 26 heavy (non-hydrogen) atoms. The predicted molar refractivity (Wildman–Crippen MR) is 122 cm³/mol. The van der Waals surface area contributed by atoms with Gasteiger partial charge in [0.05, 0.1) is 16.9 Å². The summed E-state index contributed by atoms with van der Waals surface area (Å²) in [6.07, 6.45) is 3.78. The van der Waals surface area contributed by atoms with E-state index in [2.05, 4.69) is 73.1 Å². The number of aliphatic imine (C=N–C) groups is 1. The molecule has 0 amide bonds. The highest BCUT2D eigenvalue weighted by molar-refractivity contribution is 14.0. The van der Waals surface area contributed by atoms with Gasteiger partial charge in [-0.15, -0.1) is 35.3 Å². The average molecular weight is 546 g/mol. The number of benzene rings is 1. The molecule has 3 aromatic rings. The standard InChI is InChI=1S/C18H20BrN5S.HI/c1-20-18(22-12-16-7-8-17(19)25-16)21-11-14-5-2-3-6-15(14)13-24-10-4-9-23-24;/h2-10H,11-13H2,1H3,(H2,20,21,22);1H. The van der Waals surface area contributed by atoms with E-state index in [0.29, 0.717) is 6.54 Å². The largest absolute Gasteiger partial charge is 0.352 e. The van der Waals surface area contributed by atoms with Crippen molar-refractivity contribution in [3.8, 4) is 0 Å². The van der Waals surface area contributed by atoms with Crippen molar-refractivity contribution in [1.82, 2.24) is 20.4 Å². The van der Waals surface area contributed by atoms with Crippen molar-refractivity contribution in [3.63, 3.8) is 0 Å². The maximum Gasteiger partial charge on any atom is 0.191 e. The maximum absolute atomic E-state index is 4.30. The van der Waals surface area contributed by atoms with Crippen LogP contribution in [-0.2, 0) is 19.6 Å². The third kappa shape index (κ3) is 6.10. The minimum Gasteiger partial charge on any atom is -0.352 e. The molecule has 0 atom stereocenters. The first kappa shape index (κ1) is 20.9. The second-order valence-corrected chi connectivity index (χ2v) is 8.01. The second kappa shape index (κ2) is 10.7. The molecule has 5 nitrogen and oxygen atoms in total. The van der Waals surface area contributed by atoms with Crippen LogP contribution in [-0.4, -0.2) is 22.8 Å². The lowest BCUT2D eigenvalue weighted by Crippen LogP contribution is -2.36. The maximum atomic E-state index is 4.30. The Bertz CT molecular complexity index is 832. The summed E-state index contributed by atoms with van der Waals surface area (Å²) in [5.74, 6) is 0.790. The summed E-state index contributed by atoms with van der Waals surface area (Å²) < 4.78 is 3.07. The third-order valence-corrected chi connectivity index (χ3v) is 5.36. The van der Waals surface area contributed by atoms with E-state index in [4.69, 9.17) is 0 Å². The number of rotatable bonds is 6. The van der Waals surface area contributed by atoms with Crippen LogP contribution in [0.1, 0.15) is 16.0 Å². The SMILES string of the molecule is CN=C(NCc1ccc(Br)s1)NCc1ccccc1Cn1cccn1.I. The Morgan fingerprint density at radius 2 is 1.88 bits per heavy atom. The van der Waals surface area contributed by atoms with Gasteiger partial charge in [-0.2, -0.15) is 5.10 Å². The van der Waals surface area contributed by atoms with Crippen LogP contribution in [0.4, 0.5) is 0 Å². The van der Waals surface area contributed by atoms with Gasteiger partial charge in [0.1, 0.15) is 0 Å². The van der Waals surface area contributed by atoms with Crippen molar-refractivity contribution in [3.05, 3.63) is 74.6 Å². The van der Waals surface area contributed by atoms with Crippen LogP contribution in [0.25, 0.3) is 0 Å². The molecule has 0 aliphatic carbocycles. The van der Waals surface area contributed by atoms with Crippen molar-refractivity contribution >= 4 is 57.2 Å². The Hall–Kier alpha value is -1.39. The molecule has 1 aromatic carbocycles. The molecule has 2 aromatic heterocycles. The van der Waals surface area contributed by atoms with Gasteiger partial charge in [-0.05, 0) is 45.3 Å². The van der Waals surface area contributed by atoms with Gasteiger partial charge in [-0.3, -0.25) is 9.67 Å². The molecule has 0 bridgehead atoms. The molecule has 8 heteroatoms. The summed E-state index contributed by atoms with van der Waals surface area (Å²) in [6.45, 7) is 2.23. The quantitative estimate of drug-likeness (QED) is 0.277. The Balaban J connectivity index is 0.00000243. The number of hydrogen-bond donors (Lipinski definition) is 2. The van der Waals surface area contributed by atoms with E-state index in [9.17, 15) is 0 Å². The van der Waals surface area contributed by atoms with Crippen LogP contribution < -0.4 is 10.6 Å². The molecule has 0 aliphatic heterocycles. The molecule has 138 valence electrons. The Labute approximate surface area is 183 Å². The molecule has 2 heterocycles. The lowest BCUT2D eigenvalue weighted by atomic mass is 10.1. The first-order valence-electron chi connectivity index (χ1n) is 7.97. The van der Waals surface area contributed by atoms with Crippen LogP contribution in [0.15, 0.2) is 63.6 Å². The van der Waals surface area contributed by atoms with Crippen molar-refractivity contribution < 1.29 is 0 Å². The Morgan fingerprint density at radius 3 is 2.54 bits per heavy atom. The summed E-state index contributed by atoms with van der Waals surface area (Å²) in [5, 5.41) is 11.0. The minimum atomic E-state index is 0. The molecule has 0 radical (unpaired) electrons. The fourth-order valence-electron chi connectivity index (χ4n) is 2.47. The fourth-order valence-corrected chi connectivity index (χ4v) is 3.89. The number of nitrogens with zero attached hydrogens (tertiary/aromatic N) is 3. The number of aromatic nitrogens is 2. The Kier molecular flexibility index (Phi) is 8.60. The number of guanidine groups is 1. The van der Waals surface area contributed by atoms with Gasteiger partial charge < -0.3 is 10.6 Å². The van der Waals surface area contributed by atoms with E-state index in [1.54, 1.807) is 24.6 Å². The highest BCUT2D eigenvalue weighted by Gasteiger charge is 2.05. The van der Waals surface area contributed by atoms with Gasteiger partial charge >= 0.3 is 0 Å². The summed E-state index contributed by atoms with van der Waals surface area (Å²) >= 11 is 5.21. The summed E-state index contributed by atoms with van der Waals surface area (Å²) in [6, 6.07) is 14.5. The monoisotopic (exact) mass is 545 g/mol. The van der Waals surface area contributed by atoms with Gasteiger partial charge in [-0.1, -0.05) is 24.3 Å². The van der Waals surface area contributed by atoms with Crippen molar-refractivity contribution in [2.75, 3.05) is 7.05 Å². The van der Waals surface area contributed by atoms with Crippen molar-refractivity contribution in [2.24, 2.45) is 4.99 Å². The van der Waals surface area contributed by atoms with E-state index in [-0.39, 0.29) is 24.0 Å². The van der Waals surface area contributed by atoms with Gasteiger partial charge in [0.25, 0.3) is 0 Å². The van der Waals surface area contributed by atoms with Crippen LogP contribution >= 0.6 is 51.2 Å².